The average molecular weight is 468 g/mol. The van der Waals surface area contributed by atoms with Crippen LogP contribution in [0.15, 0.2) is 23.1 Å². The molecule has 2 fully saturated rings. The lowest BCUT2D eigenvalue weighted by Gasteiger charge is -2.36. The number of nitrogens with zero attached hydrogens (tertiary/aromatic N) is 2. The van der Waals surface area contributed by atoms with Crippen LogP contribution >= 0.6 is 0 Å². The normalized spacial score (nSPS) is 20.6. The molecule has 1 N–H and O–H groups in total. The summed E-state index contributed by atoms with van der Waals surface area (Å²) in [5, 5.41) is 2.84. The number of hydrogen-bond donors (Lipinski definition) is 1. The van der Waals surface area contributed by atoms with Crippen molar-refractivity contribution in [3.8, 4) is 5.75 Å². The molecule has 1 aromatic carbocycles. The molecule has 0 spiro atoms. The minimum atomic E-state index is -3.71. The van der Waals surface area contributed by atoms with Gasteiger partial charge in [0, 0.05) is 31.6 Å². The van der Waals surface area contributed by atoms with Gasteiger partial charge in [-0.05, 0) is 31.0 Å². The van der Waals surface area contributed by atoms with Gasteiger partial charge < -0.3 is 19.7 Å². The highest BCUT2D eigenvalue weighted by Crippen LogP contribution is 2.31. The van der Waals surface area contributed by atoms with Gasteiger partial charge in [-0.25, -0.2) is 8.42 Å². The third-order valence-electron chi connectivity index (χ3n) is 5.76. The van der Waals surface area contributed by atoms with E-state index in [1.807, 2.05) is 20.8 Å². The Balaban J connectivity index is 1.78. The summed E-state index contributed by atoms with van der Waals surface area (Å²) in [6.07, 6.45) is 1.40. The minimum absolute atomic E-state index is 0.0196. The molecule has 0 bridgehead atoms. The molecule has 1 aromatic rings. The second kappa shape index (κ2) is 9.76. The van der Waals surface area contributed by atoms with Crippen LogP contribution in [-0.4, -0.2) is 75.9 Å². The fourth-order valence-corrected chi connectivity index (χ4v) is 5.40. The smallest absolute Gasteiger partial charge is 0.243 e. The maximum atomic E-state index is 13.0. The summed E-state index contributed by atoms with van der Waals surface area (Å²) < 4.78 is 38.0. The molecule has 10 heteroatoms. The molecular formula is C22H33N3O6S. The Morgan fingerprint density at radius 1 is 1.16 bits per heavy atom. The standard InChI is InChI=1S/C22H33N3O6S/c1-22(2,3)21(27)24-9-5-6-16(15-24)20(26)23-18-14-17(7-8-19(18)30-4)32(28,29)25-10-12-31-13-11-25/h7-8,14,16H,5-6,9-13,15H2,1-4H3,(H,23,26). The van der Waals surface area contributed by atoms with E-state index in [9.17, 15) is 18.0 Å². The average Bonchev–Trinajstić information content (AvgIpc) is 2.78. The zero-order chi connectivity index (χ0) is 23.5. The maximum Gasteiger partial charge on any atom is 0.243 e. The first-order valence-corrected chi connectivity index (χ1v) is 12.3. The SMILES string of the molecule is COc1ccc(S(=O)(=O)N2CCOCC2)cc1NC(=O)C1CCCN(C(=O)C(C)(C)C)C1. The first kappa shape index (κ1) is 24.5. The lowest BCUT2D eigenvalue weighted by atomic mass is 9.91. The van der Waals surface area contributed by atoms with Crippen LogP contribution in [0.25, 0.3) is 0 Å². The number of carbonyl (C=O) groups is 2. The topological polar surface area (TPSA) is 105 Å². The lowest BCUT2D eigenvalue weighted by molar-refractivity contribution is -0.142. The van der Waals surface area contributed by atoms with Crippen LogP contribution in [0.3, 0.4) is 0 Å². The summed E-state index contributed by atoms with van der Waals surface area (Å²) in [5.41, 5.74) is -0.213. The third kappa shape index (κ3) is 5.41. The number of hydrogen-bond acceptors (Lipinski definition) is 6. The van der Waals surface area contributed by atoms with E-state index in [4.69, 9.17) is 9.47 Å². The van der Waals surface area contributed by atoms with Crippen molar-refractivity contribution >= 4 is 27.5 Å². The minimum Gasteiger partial charge on any atom is -0.495 e. The predicted molar refractivity (Wildman–Crippen MR) is 120 cm³/mol. The first-order valence-electron chi connectivity index (χ1n) is 10.9. The van der Waals surface area contributed by atoms with E-state index < -0.39 is 15.4 Å². The second-order valence-corrected chi connectivity index (χ2v) is 11.1. The number of rotatable bonds is 5. The quantitative estimate of drug-likeness (QED) is 0.710. The van der Waals surface area contributed by atoms with E-state index in [2.05, 4.69) is 5.32 Å². The molecule has 9 nitrogen and oxygen atoms in total. The van der Waals surface area contributed by atoms with Gasteiger partial charge in [-0.2, -0.15) is 4.31 Å². The number of morpholine rings is 1. The zero-order valence-electron chi connectivity index (χ0n) is 19.2. The van der Waals surface area contributed by atoms with E-state index in [0.717, 1.165) is 6.42 Å². The van der Waals surface area contributed by atoms with Gasteiger partial charge >= 0.3 is 0 Å². The highest BCUT2D eigenvalue weighted by molar-refractivity contribution is 7.89. The van der Waals surface area contributed by atoms with Crippen LogP contribution in [-0.2, 0) is 24.3 Å². The van der Waals surface area contributed by atoms with E-state index >= 15 is 0 Å². The molecule has 2 amide bonds. The molecule has 2 aliphatic rings. The molecule has 2 heterocycles. The van der Waals surface area contributed by atoms with Gasteiger partial charge in [0.15, 0.2) is 0 Å². The number of benzene rings is 1. The zero-order valence-corrected chi connectivity index (χ0v) is 20.0. The van der Waals surface area contributed by atoms with Crippen LogP contribution in [0.1, 0.15) is 33.6 Å². The van der Waals surface area contributed by atoms with Crippen LogP contribution in [0.2, 0.25) is 0 Å². The van der Waals surface area contributed by atoms with Gasteiger partial charge in [0.05, 0.1) is 36.8 Å². The summed E-state index contributed by atoms with van der Waals surface area (Å²) in [4.78, 5) is 27.5. The monoisotopic (exact) mass is 467 g/mol. The number of ether oxygens (including phenoxy) is 2. The Hall–Kier alpha value is -2.17. The van der Waals surface area contributed by atoms with Gasteiger partial charge in [-0.15, -0.1) is 0 Å². The van der Waals surface area contributed by atoms with Crippen LogP contribution in [0.4, 0.5) is 5.69 Å². The molecule has 0 saturated carbocycles. The second-order valence-electron chi connectivity index (χ2n) is 9.21. The van der Waals surface area contributed by atoms with E-state index in [0.29, 0.717) is 44.2 Å². The van der Waals surface area contributed by atoms with Gasteiger partial charge in [0.2, 0.25) is 21.8 Å². The summed E-state index contributed by atoms with van der Waals surface area (Å²) in [6, 6.07) is 4.45. The number of sulfonamides is 1. The molecule has 32 heavy (non-hydrogen) atoms. The Kier molecular flexibility index (Phi) is 7.46. The van der Waals surface area contributed by atoms with E-state index in [1.54, 1.807) is 11.0 Å². The Morgan fingerprint density at radius 3 is 2.47 bits per heavy atom. The van der Waals surface area contributed by atoms with E-state index in [-0.39, 0.29) is 35.7 Å². The number of likely N-dealkylation sites (tertiary alicyclic amines) is 1. The highest BCUT2D eigenvalue weighted by atomic mass is 32.2. The number of carbonyl (C=O) groups excluding carboxylic acids is 2. The van der Waals surface area contributed by atoms with Crippen molar-refractivity contribution in [3.63, 3.8) is 0 Å². The summed E-state index contributed by atoms with van der Waals surface area (Å²) in [5.74, 6) is -0.237. The molecule has 1 unspecified atom stereocenters. The highest BCUT2D eigenvalue weighted by Gasteiger charge is 2.34. The molecule has 0 aromatic heterocycles. The molecule has 178 valence electrons. The number of methoxy groups -OCH3 is 1. The fourth-order valence-electron chi connectivity index (χ4n) is 3.97. The molecule has 0 radical (unpaired) electrons. The predicted octanol–water partition coefficient (Wildman–Crippen LogP) is 1.94. The Morgan fingerprint density at radius 2 is 1.84 bits per heavy atom. The molecule has 0 aliphatic carbocycles. The largest absolute Gasteiger partial charge is 0.495 e. The molecule has 1 atom stereocenters. The number of anilines is 1. The first-order chi connectivity index (χ1) is 15.0. The molecule has 3 rings (SSSR count). The van der Waals surface area contributed by atoms with Gasteiger partial charge in [0.1, 0.15) is 5.75 Å². The summed E-state index contributed by atoms with van der Waals surface area (Å²) in [7, 11) is -2.25. The third-order valence-corrected chi connectivity index (χ3v) is 7.65. The fraction of sp³-hybridized carbons (Fsp3) is 0.636. The Bertz CT molecular complexity index is 951. The van der Waals surface area contributed by atoms with Crippen LogP contribution < -0.4 is 10.1 Å². The summed E-state index contributed by atoms with van der Waals surface area (Å²) >= 11 is 0. The molecular weight excluding hydrogens is 434 g/mol. The van der Waals surface area contributed by atoms with Crippen LogP contribution in [0, 0.1) is 11.3 Å². The lowest BCUT2D eigenvalue weighted by Crippen LogP contribution is -2.47. The molecule has 2 saturated heterocycles. The van der Waals surface area contributed by atoms with Crippen molar-refractivity contribution in [1.82, 2.24) is 9.21 Å². The van der Waals surface area contributed by atoms with Crippen molar-refractivity contribution in [3.05, 3.63) is 18.2 Å². The van der Waals surface area contributed by atoms with Gasteiger partial charge in [-0.3, -0.25) is 9.59 Å². The number of amides is 2. The van der Waals surface area contributed by atoms with Crippen LogP contribution in [0.5, 0.6) is 5.75 Å². The van der Waals surface area contributed by atoms with Crippen molar-refractivity contribution < 1.29 is 27.5 Å². The number of piperidine rings is 1. The Labute approximate surface area is 190 Å². The maximum absolute atomic E-state index is 13.0. The molecule has 2 aliphatic heterocycles. The van der Waals surface area contributed by atoms with Gasteiger partial charge in [-0.1, -0.05) is 20.8 Å². The van der Waals surface area contributed by atoms with Crippen molar-refractivity contribution in [2.45, 2.75) is 38.5 Å². The number of nitrogens with one attached hydrogen (secondary N) is 1. The van der Waals surface area contributed by atoms with Crippen molar-refractivity contribution in [2.24, 2.45) is 11.3 Å². The summed E-state index contributed by atoms with van der Waals surface area (Å²) in [6.45, 7) is 7.85. The van der Waals surface area contributed by atoms with Crippen molar-refractivity contribution in [1.29, 1.82) is 0 Å². The van der Waals surface area contributed by atoms with E-state index in [1.165, 1.54) is 23.5 Å². The van der Waals surface area contributed by atoms with Gasteiger partial charge in [0.25, 0.3) is 0 Å². The van der Waals surface area contributed by atoms with Crippen molar-refractivity contribution in [2.75, 3.05) is 51.8 Å².